The lowest BCUT2D eigenvalue weighted by Crippen LogP contribution is -2.14. The standard InChI is InChI=1S/C10H8N2O2.H2O2/c13-8-3-1-7(2-4-8)5-9-10(14)12-6-11-9;1-2/h1-6,13H,(H,11,12,14);1-2H. The summed E-state index contributed by atoms with van der Waals surface area (Å²) in [7, 11) is 0. The van der Waals surface area contributed by atoms with E-state index in [1.807, 2.05) is 0 Å². The second kappa shape index (κ2) is 5.64. The van der Waals surface area contributed by atoms with E-state index in [0.29, 0.717) is 5.70 Å². The molecule has 16 heavy (non-hydrogen) atoms. The minimum Gasteiger partial charge on any atom is -0.508 e. The first-order valence-electron chi connectivity index (χ1n) is 4.30. The number of benzene rings is 1. The molecule has 2 rings (SSSR count). The van der Waals surface area contributed by atoms with Crippen LogP contribution in [0.15, 0.2) is 35.0 Å². The SMILES string of the molecule is O=C1NC=NC1=Cc1ccc(O)cc1.OO. The quantitative estimate of drug-likeness (QED) is 0.322. The van der Waals surface area contributed by atoms with E-state index in [9.17, 15) is 4.79 Å². The number of amides is 1. The molecule has 0 aliphatic carbocycles. The van der Waals surface area contributed by atoms with Gasteiger partial charge in [0.05, 0.1) is 6.34 Å². The molecule has 1 aliphatic heterocycles. The molecule has 0 saturated carbocycles. The summed E-state index contributed by atoms with van der Waals surface area (Å²) in [6.07, 6.45) is 3.01. The lowest BCUT2D eigenvalue weighted by Gasteiger charge is -1.95. The lowest BCUT2D eigenvalue weighted by molar-refractivity contribution is -0.176. The number of hydrogen-bond donors (Lipinski definition) is 4. The van der Waals surface area contributed by atoms with Gasteiger partial charge in [-0.2, -0.15) is 0 Å². The van der Waals surface area contributed by atoms with Crippen molar-refractivity contribution in [2.45, 2.75) is 0 Å². The summed E-state index contributed by atoms with van der Waals surface area (Å²) in [4.78, 5) is 14.9. The van der Waals surface area contributed by atoms with Crippen molar-refractivity contribution in [3.8, 4) is 5.75 Å². The highest BCUT2D eigenvalue weighted by Gasteiger charge is 2.11. The average Bonchev–Trinajstić information content (AvgIpc) is 2.71. The topological polar surface area (TPSA) is 102 Å². The molecule has 1 amide bonds. The van der Waals surface area contributed by atoms with Crippen molar-refractivity contribution in [2.24, 2.45) is 4.99 Å². The minimum absolute atomic E-state index is 0.200. The monoisotopic (exact) mass is 222 g/mol. The zero-order valence-corrected chi connectivity index (χ0v) is 8.16. The Morgan fingerprint density at radius 3 is 2.31 bits per heavy atom. The molecule has 0 unspecified atom stereocenters. The Labute approximate surface area is 91.1 Å². The Hall–Kier alpha value is -2.18. The van der Waals surface area contributed by atoms with Gasteiger partial charge in [0.25, 0.3) is 5.91 Å². The van der Waals surface area contributed by atoms with Gasteiger partial charge in [-0.05, 0) is 23.8 Å². The summed E-state index contributed by atoms with van der Waals surface area (Å²) in [5, 5.41) is 23.5. The number of hydrogen-bond acceptors (Lipinski definition) is 5. The Kier molecular flexibility index (Phi) is 4.19. The smallest absolute Gasteiger partial charge is 0.275 e. The third kappa shape index (κ3) is 2.91. The van der Waals surface area contributed by atoms with Gasteiger partial charge in [0.2, 0.25) is 0 Å². The second-order valence-corrected chi connectivity index (χ2v) is 2.85. The van der Waals surface area contributed by atoms with Gasteiger partial charge in [0.1, 0.15) is 11.4 Å². The van der Waals surface area contributed by atoms with E-state index >= 15 is 0 Å². The molecule has 1 aliphatic rings. The Morgan fingerprint density at radius 2 is 1.81 bits per heavy atom. The summed E-state index contributed by atoms with van der Waals surface area (Å²) >= 11 is 0. The molecule has 6 heteroatoms. The summed E-state index contributed by atoms with van der Waals surface area (Å²) in [6.45, 7) is 0. The summed E-state index contributed by atoms with van der Waals surface area (Å²) < 4.78 is 0. The first kappa shape index (κ1) is 11.9. The number of phenolic OH excluding ortho intramolecular Hbond substituents is 1. The van der Waals surface area contributed by atoms with E-state index in [2.05, 4.69) is 10.3 Å². The molecule has 4 N–H and O–H groups in total. The maximum Gasteiger partial charge on any atom is 0.275 e. The minimum atomic E-state index is -0.210. The van der Waals surface area contributed by atoms with Crippen LogP contribution in [0.4, 0.5) is 0 Å². The normalized spacial score (nSPS) is 15.6. The van der Waals surface area contributed by atoms with Crippen molar-refractivity contribution in [3.63, 3.8) is 0 Å². The highest BCUT2D eigenvalue weighted by atomic mass is 17.0. The molecule has 6 nitrogen and oxygen atoms in total. The van der Waals surface area contributed by atoms with E-state index in [1.165, 1.54) is 6.34 Å². The molecule has 0 radical (unpaired) electrons. The molecular formula is C10H10N2O4. The number of aliphatic imine (C=N–C) groups is 1. The van der Waals surface area contributed by atoms with Crippen LogP contribution in [-0.2, 0) is 4.79 Å². The molecule has 0 spiro atoms. The average molecular weight is 222 g/mol. The zero-order valence-electron chi connectivity index (χ0n) is 8.16. The highest BCUT2D eigenvalue weighted by Crippen LogP contribution is 2.14. The highest BCUT2D eigenvalue weighted by molar-refractivity contribution is 6.08. The molecule has 0 aromatic heterocycles. The Balaban J connectivity index is 0.000000606. The summed E-state index contributed by atoms with van der Waals surface area (Å²) in [5.74, 6) is -0.00963. The Bertz CT molecular complexity index is 423. The largest absolute Gasteiger partial charge is 0.508 e. The van der Waals surface area contributed by atoms with Crippen molar-refractivity contribution in [1.29, 1.82) is 0 Å². The fraction of sp³-hybridized carbons (Fsp3) is 0. The molecule has 0 bridgehead atoms. The van der Waals surface area contributed by atoms with Gasteiger partial charge in [-0.25, -0.2) is 4.99 Å². The molecule has 0 saturated heterocycles. The molecule has 0 fully saturated rings. The number of carbonyl (C=O) groups excluding carboxylic acids is 1. The third-order valence-corrected chi connectivity index (χ3v) is 1.83. The van der Waals surface area contributed by atoms with Crippen LogP contribution in [0.2, 0.25) is 0 Å². The van der Waals surface area contributed by atoms with Crippen LogP contribution >= 0.6 is 0 Å². The van der Waals surface area contributed by atoms with Crippen molar-refractivity contribution >= 4 is 18.3 Å². The lowest BCUT2D eigenvalue weighted by atomic mass is 10.2. The fourth-order valence-corrected chi connectivity index (χ4v) is 1.12. The molecule has 1 aromatic carbocycles. The van der Waals surface area contributed by atoms with Gasteiger partial charge in [0.15, 0.2) is 0 Å². The van der Waals surface area contributed by atoms with Gasteiger partial charge in [-0.3, -0.25) is 15.3 Å². The van der Waals surface area contributed by atoms with Crippen molar-refractivity contribution in [1.82, 2.24) is 5.32 Å². The van der Waals surface area contributed by atoms with Crippen molar-refractivity contribution in [2.75, 3.05) is 0 Å². The summed E-state index contributed by atoms with van der Waals surface area (Å²) in [5.41, 5.74) is 1.20. The van der Waals surface area contributed by atoms with Gasteiger partial charge in [0, 0.05) is 0 Å². The van der Waals surface area contributed by atoms with Gasteiger partial charge >= 0.3 is 0 Å². The van der Waals surface area contributed by atoms with Crippen LogP contribution in [0.1, 0.15) is 5.56 Å². The number of aromatic hydroxyl groups is 1. The molecule has 1 heterocycles. The fourth-order valence-electron chi connectivity index (χ4n) is 1.12. The number of nitrogens with one attached hydrogen (secondary N) is 1. The van der Waals surface area contributed by atoms with Gasteiger partial charge in [-0.15, -0.1) is 0 Å². The van der Waals surface area contributed by atoms with Crippen LogP contribution in [0.3, 0.4) is 0 Å². The molecule has 1 aromatic rings. The predicted octanol–water partition coefficient (Wildman–Crippen LogP) is 0.909. The second-order valence-electron chi connectivity index (χ2n) is 2.85. The molecule has 0 atom stereocenters. The van der Waals surface area contributed by atoms with Crippen LogP contribution < -0.4 is 5.32 Å². The molecular weight excluding hydrogens is 212 g/mol. The van der Waals surface area contributed by atoms with Gasteiger partial charge in [-0.1, -0.05) is 12.1 Å². The van der Waals surface area contributed by atoms with E-state index in [4.69, 9.17) is 15.6 Å². The van der Waals surface area contributed by atoms with Crippen LogP contribution in [-0.4, -0.2) is 27.9 Å². The zero-order chi connectivity index (χ0) is 12.0. The van der Waals surface area contributed by atoms with Crippen molar-refractivity contribution < 1.29 is 20.4 Å². The van der Waals surface area contributed by atoms with E-state index in [-0.39, 0.29) is 11.7 Å². The first-order chi connectivity index (χ1) is 7.75. The van der Waals surface area contributed by atoms with Crippen LogP contribution in [0.5, 0.6) is 5.75 Å². The van der Waals surface area contributed by atoms with E-state index < -0.39 is 0 Å². The van der Waals surface area contributed by atoms with Crippen LogP contribution in [0.25, 0.3) is 6.08 Å². The number of rotatable bonds is 1. The van der Waals surface area contributed by atoms with Crippen molar-refractivity contribution in [3.05, 3.63) is 35.5 Å². The maximum atomic E-state index is 11.1. The molecule has 84 valence electrons. The Morgan fingerprint density at radius 1 is 1.19 bits per heavy atom. The van der Waals surface area contributed by atoms with E-state index in [0.717, 1.165) is 5.56 Å². The number of phenols is 1. The first-order valence-corrected chi connectivity index (χ1v) is 4.30. The third-order valence-electron chi connectivity index (χ3n) is 1.83. The number of carbonyl (C=O) groups is 1. The number of nitrogens with zero attached hydrogens (tertiary/aromatic N) is 1. The summed E-state index contributed by atoms with van der Waals surface area (Å²) in [6, 6.07) is 6.54. The maximum absolute atomic E-state index is 11.1. The van der Waals surface area contributed by atoms with Gasteiger partial charge < -0.3 is 10.4 Å². The predicted molar refractivity (Wildman–Crippen MR) is 58.0 cm³/mol. The van der Waals surface area contributed by atoms with E-state index in [1.54, 1.807) is 30.3 Å². The van der Waals surface area contributed by atoms with Crippen LogP contribution in [0, 0.1) is 0 Å².